The average molecular weight is 280 g/mol. The smallest absolute Gasteiger partial charge is 0.243 e. The van der Waals surface area contributed by atoms with E-state index in [2.05, 4.69) is 0 Å². The molecule has 0 radical (unpaired) electrons. The van der Waals surface area contributed by atoms with Crippen LogP contribution in [-0.2, 0) is 10.0 Å². The lowest BCUT2D eigenvalue weighted by molar-refractivity contribution is 0.101. The Labute approximate surface area is 113 Å². The molecule has 0 saturated carbocycles. The van der Waals surface area contributed by atoms with Gasteiger partial charge in [-0.1, -0.05) is 19.1 Å². The van der Waals surface area contributed by atoms with Gasteiger partial charge in [0.15, 0.2) is 5.78 Å². The second-order valence-electron chi connectivity index (χ2n) is 3.99. The zero-order valence-electron chi connectivity index (χ0n) is 11.0. The number of nitrogens with zero attached hydrogens (tertiary/aromatic N) is 2. The molecule has 0 aliphatic rings. The second-order valence-corrected chi connectivity index (χ2v) is 5.92. The highest BCUT2D eigenvalue weighted by Gasteiger charge is 2.22. The van der Waals surface area contributed by atoms with Gasteiger partial charge in [0.25, 0.3) is 0 Å². The van der Waals surface area contributed by atoms with E-state index < -0.39 is 10.0 Å². The minimum absolute atomic E-state index is 0.110. The SMILES string of the molecule is CCN(CCC#N)S(=O)(=O)c1ccc(C(C)=O)cc1. The average Bonchev–Trinajstić information content (AvgIpc) is 2.39. The fourth-order valence-corrected chi connectivity index (χ4v) is 3.08. The van der Waals surface area contributed by atoms with Crippen LogP contribution >= 0.6 is 0 Å². The summed E-state index contributed by atoms with van der Waals surface area (Å²) >= 11 is 0. The summed E-state index contributed by atoms with van der Waals surface area (Å²) in [5, 5.41) is 8.54. The number of nitriles is 1. The zero-order valence-corrected chi connectivity index (χ0v) is 11.8. The molecular weight excluding hydrogens is 264 g/mol. The predicted molar refractivity (Wildman–Crippen MR) is 71.1 cm³/mol. The molecule has 0 aliphatic heterocycles. The van der Waals surface area contributed by atoms with Crippen LogP contribution in [0.3, 0.4) is 0 Å². The summed E-state index contributed by atoms with van der Waals surface area (Å²) in [6, 6.07) is 7.75. The van der Waals surface area contributed by atoms with Gasteiger partial charge in [-0.15, -0.1) is 0 Å². The molecule has 0 bridgehead atoms. The molecule has 0 unspecified atom stereocenters. The lowest BCUT2D eigenvalue weighted by Crippen LogP contribution is -2.31. The highest BCUT2D eigenvalue weighted by Crippen LogP contribution is 2.16. The van der Waals surface area contributed by atoms with Crippen LogP contribution in [0.4, 0.5) is 0 Å². The van der Waals surface area contributed by atoms with Crippen LogP contribution in [0, 0.1) is 11.3 Å². The van der Waals surface area contributed by atoms with E-state index in [-0.39, 0.29) is 23.6 Å². The van der Waals surface area contributed by atoms with Crippen molar-refractivity contribution in [1.29, 1.82) is 5.26 Å². The van der Waals surface area contributed by atoms with Crippen molar-refractivity contribution in [1.82, 2.24) is 4.31 Å². The molecule has 5 nitrogen and oxygen atoms in total. The first kappa shape index (κ1) is 15.3. The van der Waals surface area contributed by atoms with Crippen molar-refractivity contribution in [2.75, 3.05) is 13.1 Å². The standard InChI is InChI=1S/C13H16N2O3S/c1-3-15(10-4-9-14)19(17,18)13-7-5-12(6-8-13)11(2)16/h5-8H,3-4,10H2,1-2H3. The van der Waals surface area contributed by atoms with Gasteiger partial charge in [-0.05, 0) is 19.1 Å². The maximum atomic E-state index is 12.3. The molecule has 0 spiro atoms. The van der Waals surface area contributed by atoms with Crippen LogP contribution in [0.5, 0.6) is 0 Å². The third-order valence-electron chi connectivity index (χ3n) is 2.72. The van der Waals surface area contributed by atoms with Crippen LogP contribution in [0.1, 0.15) is 30.6 Å². The molecule has 6 heteroatoms. The molecule has 0 aromatic heterocycles. The maximum Gasteiger partial charge on any atom is 0.243 e. The summed E-state index contributed by atoms with van der Waals surface area (Å²) in [4.78, 5) is 11.3. The summed E-state index contributed by atoms with van der Waals surface area (Å²) in [5.41, 5.74) is 0.471. The fraction of sp³-hybridized carbons (Fsp3) is 0.385. The number of hydrogen-bond acceptors (Lipinski definition) is 4. The zero-order chi connectivity index (χ0) is 14.5. The van der Waals surface area contributed by atoms with Crippen LogP contribution in [0.2, 0.25) is 0 Å². The van der Waals surface area contributed by atoms with Crippen molar-refractivity contribution in [2.24, 2.45) is 0 Å². The number of Topliss-reactive ketones (excluding diaryl/α,β-unsaturated/α-hetero) is 1. The predicted octanol–water partition coefficient (Wildman–Crippen LogP) is 1.81. The van der Waals surface area contributed by atoms with E-state index >= 15 is 0 Å². The van der Waals surface area contributed by atoms with E-state index in [4.69, 9.17) is 5.26 Å². The summed E-state index contributed by atoms with van der Waals surface area (Å²) in [7, 11) is -3.59. The minimum atomic E-state index is -3.59. The topological polar surface area (TPSA) is 78.2 Å². The van der Waals surface area contributed by atoms with Gasteiger partial charge in [0.1, 0.15) is 0 Å². The Morgan fingerprint density at radius 2 is 1.89 bits per heavy atom. The molecule has 102 valence electrons. The van der Waals surface area contributed by atoms with Crippen LogP contribution in [0.25, 0.3) is 0 Å². The lowest BCUT2D eigenvalue weighted by atomic mass is 10.2. The third kappa shape index (κ3) is 3.63. The minimum Gasteiger partial charge on any atom is -0.295 e. The van der Waals surface area contributed by atoms with Gasteiger partial charge >= 0.3 is 0 Å². The third-order valence-corrected chi connectivity index (χ3v) is 4.71. The van der Waals surface area contributed by atoms with E-state index in [1.165, 1.54) is 35.5 Å². The van der Waals surface area contributed by atoms with Gasteiger partial charge in [-0.2, -0.15) is 9.57 Å². The molecular formula is C13H16N2O3S. The molecule has 19 heavy (non-hydrogen) atoms. The fourth-order valence-electron chi connectivity index (χ4n) is 1.63. The molecule has 0 fully saturated rings. The Hall–Kier alpha value is -1.71. The van der Waals surface area contributed by atoms with Crippen LogP contribution in [0.15, 0.2) is 29.2 Å². The number of hydrogen-bond donors (Lipinski definition) is 0. The van der Waals surface area contributed by atoms with E-state index in [0.29, 0.717) is 12.1 Å². The first-order chi connectivity index (χ1) is 8.93. The molecule has 0 atom stereocenters. The molecule has 1 rings (SSSR count). The summed E-state index contributed by atoms with van der Waals surface area (Å²) in [6.45, 7) is 3.62. The first-order valence-electron chi connectivity index (χ1n) is 5.91. The van der Waals surface area contributed by atoms with Gasteiger partial charge < -0.3 is 0 Å². The first-order valence-corrected chi connectivity index (χ1v) is 7.35. The Balaban J connectivity index is 3.05. The maximum absolute atomic E-state index is 12.3. The second kappa shape index (κ2) is 6.45. The number of benzene rings is 1. The number of rotatable bonds is 6. The molecule has 0 N–H and O–H groups in total. The van der Waals surface area contributed by atoms with Crippen molar-refractivity contribution in [3.63, 3.8) is 0 Å². The molecule has 0 aliphatic carbocycles. The Bertz CT molecular complexity index is 585. The molecule has 0 amide bonds. The molecule has 1 aromatic rings. The van der Waals surface area contributed by atoms with Gasteiger partial charge in [0.2, 0.25) is 10.0 Å². The lowest BCUT2D eigenvalue weighted by Gasteiger charge is -2.19. The quantitative estimate of drug-likeness (QED) is 0.744. The summed E-state index contributed by atoms with van der Waals surface area (Å²) < 4.78 is 25.8. The number of ketones is 1. The van der Waals surface area contributed by atoms with Crippen molar-refractivity contribution >= 4 is 15.8 Å². The van der Waals surface area contributed by atoms with E-state index in [0.717, 1.165) is 0 Å². The summed E-state index contributed by atoms with van der Waals surface area (Å²) in [5.74, 6) is -0.110. The monoisotopic (exact) mass is 280 g/mol. The summed E-state index contributed by atoms with van der Waals surface area (Å²) in [6.07, 6.45) is 0.151. The Morgan fingerprint density at radius 1 is 1.32 bits per heavy atom. The van der Waals surface area contributed by atoms with Crippen molar-refractivity contribution in [3.8, 4) is 6.07 Å². The highest BCUT2D eigenvalue weighted by atomic mass is 32.2. The normalized spacial score (nSPS) is 11.3. The number of sulfonamides is 1. The Kier molecular flexibility index (Phi) is 5.21. The number of carbonyl (C=O) groups is 1. The Morgan fingerprint density at radius 3 is 2.32 bits per heavy atom. The van der Waals surface area contributed by atoms with Crippen LogP contribution < -0.4 is 0 Å². The number of carbonyl (C=O) groups excluding carboxylic acids is 1. The van der Waals surface area contributed by atoms with Crippen molar-refractivity contribution < 1.29 is 13.2 Å². The van der Waals surface area contributed by atoms with Gasteiger partial charge in [0.05, 0.1) is 11.0 Å². The van der Waals surface area contributed by atoms with Crippen molar-refractivity contribution in [2.45, 2.75) is 25.2 Å². The molecule has 0 saturated heterocycles. The van der Waals surface area contributed by atoms with Gasteiger partial charge in [-0.25, -0.2) is 8.42 Å². The van der Waals surface area contributed by atoms with Gasteiger partial charge in [-0.3, -0.25) is 4.79 Å². The van der Waals surface area contributed by atoms with E-state index in [9.17, 15) is 13.2 Å². The van der Waals surface area contributed by atoms with Gasteiger partial charge in [0, 0.05) is 25.1 Å². The largest absolute Gasteiger partial charge is 0.295 e. The van der Waals surface area contributed by atoms with Crippen molar-refractivity contribution in [3.05, 3.63) is 29.8 Å². The molecule has 1 aromatic carbocycles. The van der Waals surface area contributed by atoms with Crippen LogP contribution in [-0.4, -0.2) is 31.6 Å². The molecule has 0 heterocycles. The van der Waals surface area contributed by atoms with E-state index in [1.807, 2.05) is 6.07 Å². The van der Waals surface area contributed by atoms with E-state index in [1.54, 1.807) is 6.92 Å². The highest BCUT2D eigenvalue weighted by molar-refractivity contribution is 7.89.